The van der Waals surface area contributed by atoms with Crippen molar-refractivity contribution < 1.29 is 0 Å². The molecule has 1 aliphatic heterocycles. The first-order valence-electron chi connectivity index (χ1n) is 8.19. The van der Waals surface area contributed by atoms with Gasteiger partial charge in [-0.05, 0) is 13.0 Å². The first kappa shape index (κ1) is 16.9. The molecule has 0 aliphatic carbocycles. The largest absolute Gasteiger partial charge is 0.344 e. The summed E-state index contributed by atoms with van der Waals surface area (Å²) in [5.74, 6) is 0. The van der Waals surface area contributed by atoms with E-state index in [0.29, 0.717) is 11.1 Å². The Kier molecular flexibility index (Phi) is 4.98. The first-order chi connectivity index (χ1) is 12.2. The SMILES string of the molecule is CC(c1nccs1)N1CCN(c2nnc(-c3ccccc3Cl)s2)CC1. The number of halogens is 1. The summed E-state index contributed by atoms with van der Waals surface area (Å²) in [5.41, 5.74) is 0.948. The minimum absolute atomic E-state index is 0.371. The van der Waals surface area contributed by atoms with Gasteiger partial charge in [0.05, 0.1) is 11.1 Å². The second-order valence-electron chi connectivity index (χ2n) is 5.94. The van der Waals surface area contributed by atoms with Crippen LogP contribution in [0.1, 0.15) is 18.0 Å². The van der Waals surface area contributed by atoms with Crippen molar-refractivity contribution in [1.29, 1.82) is 0 Å². The monoisotopic (exact) mass is 391 g/mol. The van der Waals surface area contributed by atoms with E-state index in [1.54, 1.807) is 22.7 Å². The molecule has 130 valence electrons. The summed E-state index contributed by atoms with van der Waals surface area (Å²) >= 11 is 9.60. The van der Waals surface area contributed by atoms with Gasteiger partial charge in [-0.25, -0.2) is 4.98 Å². The molecule has 0 bridgehead atoms. The molecule has 5 nitrogen and oxygen atoms in total. The van der Waals surface area contributed by atoms with E-state index in [1.165, 1.54) is 5.01 Å². The van der Waals surface area contributed by atoms with Crippen LogP contribution < -0.4 is 4.90 Å². The summed E-state index contributed by atoms with van der Waals surface area (Å²) in [6.45, 7) is 6.14. The van der Waals surface area contributed by atoms with Crippen LogP contribution in [0.25, 0.3) is 10.6 Å². The second kappa shape index (κ2) is 7.37. The molecule has 1 aromatic carbocycles. The number of hydrogen-bond acceptors (Lipinski definition) is 7. The van der Waals surface area contributed by atoms with E-state index in [9.17, 15) is 0 Å². The quantitative estimate of drug-likeness (QED) is 0.667. The number of nitrogens with zero attached hydrogens (tertiary/aromatic N) is 5. The average Bonchev–Trinajstić information content (AvgIpc) is 3.34. The molecule has 1 saturated heterocycles. The molecule has 2 aromatic heterocycles. The topological polar surface area (TPSA) is 45.2 Å². The summed E-state index contributed by atoms with van der Waals surface area (Å²) in [7, 11) is 0. The summed E-state index contributed by atoms with van der Waals surface area (Å²) in [6, 6.07) is 8.14. The van der Waals surface area contributed by atoms with E-state index in [-0.39, 0.29) is 0 Å². The van der Waals surface area contributed by atoms with Gasteiger partial charge in [0.1, 0.15) is 5.01 Å². The Morgan fingerprint density at radius 1 is 1.12 bits per heavy atom. The summed E-state index contributed by atoms with van der Waals surface area (Å²) in [4.78, 5) is 9.23. The molecule has 0 spiro atoms. The highest BCUT2D eigenvalue weighted by molar-refractivity contribution is 7.18. The van der Waals surface area contributed by atoms with Gasteiger partial charge in [-0.15, -0.1) is 21.5 Å². The number of benzene rings is 1. The fraction of sp³-hybridized carbons (Fsp3) is 0.353. The minimum atomic E-state index is 0.371. The van der Waals surface area contributed by atoms with Gasteiger partial charge in [0.2, 0.25) is 5.13 Å². The molecule has 0 N–H and O–H groups in total. The Hall–Kier alpha value is -1.54. The average molecular weight is 392 g/mol. The van der Waals surface area contributed by atoms with E-state index in [4.69, 9.17) is 11.6 Å². The van der Waals surface area contributed by atoms with Crippen molar-refractivity contribution in [1.82, 2.24) is 20.1 Å². The molecule has 0 radical (unpaired) electrons. The van der Waals surface area contributed by atoms with Crippen LogP contribution in [0.2, 0.25) is 5.02 Å². The van der Waals surface area contributed by atoms with Gasteiger partial charge in [0.15, 0.2) is 5.01 Å². The van der Waals surface area contributed by atoms with Crippen LogP contribution in [0, 0.1) is 0 Å². The molecule has 1 fully saturated rings. The van der Waals surface area contributed by atoms with Gasteiger partial charge < -0.3 is 4.90 Å². The molecule has 3 aromatic rings. The number of rotatable bonds is 4. The van der Waals surface area contributed by atoms with Gasteiger partial charge in [0.25, 0.3) is 0 Å². The molecule has 8 heteroatoms. The smallest absolute Gasteiger partial charge is 0.208 e. The van der Waals surface area contributed by atoms with Gasteiger partial charge in [-0.1, -0.05) is 41.1 Å². The van der Waals surface area contributed by atoms with E-state index >= 15 is 0 Å². The van der Waals surface area contributed by atoms with Crippen molar-refractivity contribution in [2.75, 3.05) is 31.1 Å². The molecule has 1 aliphatic rings. The van der Waals surface area contributed by atoms with Crippen molar-refractivity contribution in [3.63, 3.8) is 0 Å². The molecule has 1 atom stereocenters. The summed E-state index contributed by atoms with van der Waals surface area (Å²) < 4.78 is 0. The fourth-order valence-corrected chi connectivity index (χ4v) is 4.93. The number of hydrogen-bond donors (Lipinski definition) is 0. The lowest BCUT2D eigenvalue weighted by Crippen LogP contribution is -2.47. The number of thiazole rings is 1. The first-order valence-corrected chi connectivity index (χ1v) is 10.3. The van der Waals surface area contributed by atoms with Gasteiger partial charge in [-0.3, -0.25) is 4.90 Å². The molecule has 0 amide bonds. The van der Waals surface area contributed by atoms with Gasteiger partial charge in [0, 0.05) is 43.3 Å². The van der Waals surface area contributed by atoms with Crippen LogP contribution in [0.5, 0.6) is 0 Å². The lowest BCUT2D eigenvalue weighted by atomic mass is 10.2. The van der Waals surface area contributed by atoms with E-state index in [1.807, 2.05) is 35.8 Å². The Morgan fingerprint density at radius 2 is 1.92 bits per heavy atom. The maximum atomic E-state index is 6.27. The Bertz CT molecular complexity index is 827. The van der Waals surface area contributed by atoms with E-state index in [0.717, 1.165) is 41.9 Å². The van der Waals surface area contributed by atoms with Crippen molar-refractivity contribution in [3.8, 4) is 10.6 Å². The third-order valence-corrected chi connectivity index (χ3v) is 6.75. The molecule has 1 unspecified atom stereocenters. The van der Waals surface area contributed by atoms with Crippen LogP contribution >= 0.6 is 34.3 Å². The zero-order valence-electron chi connectivity index (χ0n) is 13.8. The Morgan fingerprint density at radius 3 is 2.64 bits per heavy atom. The van der Waals surface area contributed by atoms with Crippen LogP contribution in [0.15, 0.2) is 35.8 Å². The zero-order valence-corrected chi connectivity index (χ0v) is 16.2. The summed E-state index contributed by atoms with van der Waals surface area (Å²) in [6.07, 6.45) is 1.88. The normalized spacial score (nSPS) is 17.0. The predicted molar refractivity (Wildman–Crippen MR) is 105 cm³/mol. The maximum absolute atomic E-state index is 6.27. The standard InChI is InChI=1S/C17H18ClN5S2/c1-12(15-19-6-11-24-15)22-7-9-23(10-8-22)17-21-20-16(25-17)13-4-2-3-5-14(13)18/h2-6,11-12H,7-10H2,1H3. The van der Waals surface area contributed by atoms with Gasteiger partial charge >= 0.3 is 0 Å². The molecule has 0 saturated carbocycles. The molecule has 25 heavy (non-hydrogen) atoms. The Labute approximate surface area is 159 Å². The third kappa shape index (κ3) is 3.55. The number of piperazine rings is 1. The van der Waals surface area contributed by atoms with Crippen LogP contribution in [0.4, 0.5) is 5.13 Å². The molecule has 4 rings (SSSR count). The lowest BCUT2D eigenvalue weighted by Gasteiger charge is -2.37. The highest BCUT2D eigenvalue weighted by atomic mass is 35.5. The number of anilines is 1. The minimum Gasteiger partial charge on any atom is -0.344 e. The zero-order chi connectivity index (χ0) is 17.2. The lowest BCUT2D eigenvalue weighted by molar-refractivity contribution is 0.198. The fourth-order valence-electron chi connectivity index (χ4n) is 2.98. The maximum Gasteiger partial charge on any atom is 0.208 e. The van der Waals surface area contributed by atoms with Crippen LogP contribution in [0.3, 0.4) is 0 Å². The third-order valence-electron chi connectivity index (χ3n) is 4.46. The van der Waals surface area contributed by atoms with Crippen molar-refractivity contribution in [2.45, 2.75) is 13.0 Å². The van der Waals surface area contributed by atoms with E-state index < -0.39 is 0 Å². The van der Waals surface area contributed by atoms with Crippen molar-refractivity contribution >= 4 is 39.4 Å². The van der Waals surface area contributed by atoms with Crippen LogP contribution in [-0.4, -0.2) is 46.3 Å². The van der Waals surface area contributed by atoms with E-state index in [2.05, 4.69) is 31.9 Å². The summed E-state index contributed by atoms with van der Waals surface area (Å²) in [5, 5.41) is 14.5. The second-order valence-corrected chi connectivity index (χ2v) is 8.23. The predicted octanol–water partition coefficient (Wildman–Crippen LogP) is 4.20. The molecular formula is C17H18ClN5S2. The molecule has 3 heterocycles. The van der Waals surface area contributed by atoms with Crippen molar-refractivity contribution in [2.24, 2.45) is 0 Å². The Balaban J connectivity index is 1.42. The number of aromatic nitrogens is 3. The molecular weight excluding hydrogens is 374 g/mol. The highest BCUT2D eigenvalue weighted by Gasteiger charge is 2.25. The van der Waals surface area contributed by atoms with Crippen LogP contribution in [-0.2, 0) is 0 Å². The highest BCUT2D eigenvalue weighted by Crippen LogP contribution is 2.33. The van der Waals surface area contributed by atoms with Crippen molar-refractivity contribution in [3.05, 3.63) is 45.9 Å². The van der Waals surface area contributed by atoms with Gasteiger partial charge in [-0.2, -0.15) is 0 Å².